The summed E-state index contributed by atoms with van der Waals surface area (Å²) in [6, 6.07) is 21.9. The monoisotopic (exact) mass is 462 g/mol. The van der Waals surface area contributed by atoms with Gasteiger partial charge in [-0.05, 0) is 42.3 Å². The molecule has 0 bridgehead atoms. The summed E-state index contributed by atoms with van der Waals surface area (Å²) >= 11 is 0. The maximum Gasteiger partial charge on any atom is 0.270 e. The molecule has 0 fully saturated rings. The Labute approximate surface area is 191 Å². The van der Waals surface area contributed by atoms with Gasteiger partial charge >= 0.3 is 0 Å². The van der Waals surface area contributed by atoms with Gasteiger partial charge in [0, 0.05) is 19.2 Å². The van der Waals surface area contributed by atoms with Crippen molar-refractivity contribution < 1.29 is 17.6 Å². The lowest BCUT2D eigenvalue weighted by Crippen LogP contribution is -2.37. The molecule has 1 aliphatic heterocycles. The largest absolute Gasteiger partial charge is 0.463 e. The Morgan fingerprint density at radius 2 is 1.82 bits per heavy atom. The van der Waals surface area contributed by atoms with Gasteiger partial charge in [0.2, 0.25) is 10.0 Å². The van der Waals surface area contributed by atoms with Crippen molar-refractivity contribution in [1.29, 1.82) is 0 Å². The van der Waals surface area contributed by atoms with E-state index in [2.05, 4.69) is 10.4 Å². The molecule has 4 aromatic rings. The fraction of sp³-hybridized carbons (Fsp3) is 0.167. The molecule has 1 aliphatic rings. The van der Waals surface area contributed by atoms with Gasteiger partial charge < -0.3 is 9.73 Å². The number of carbonyl (C=O) groups excluding carboxylic acids is 1. The molecule has 0 atom stereocenters. The number of benzene rings is 2. The smallest absolute Gasteiger partial charge is 0.270 e. The van der Waals surface area contributed by atoms with Crippen LogP contribution in [0.1, 0.15) is 16.1 Å². The van der Waals surface area contributed by atoms with E-state index in [0.717, 1.165) is 5.56 Å². The van der Waals surface area contributed by atoms with E-state index in [0.29, 0.717) is 35.8 Å². The molecule has 0 radical (unpaired) electrons. The van der Waals surface area contributed by atoms with Crippen LogP contribution in [-0.4, -0.2) is 42.9 Å². The summed E-state index contributed by atoms with van der Waals surface area (Å²) in [7, 11) is -3.56. The van der Waals surface area contributed by atoms with Crippen molar-refractivity contribution in [2.75, 3.05) is 23.1 Å². The van der Waals surface area contributed by atoms with E-state index in [-0.39, 0.29) is 18.0 Å². The van der Waals surface area contributed by atoms with Crippen molar-refractivity contribution >= 4 is 21.6 Å². The predicted octanol–water partition coefficient (Wildman–Crippen LogP) is 3.25. The number of nitrogens with zero attached hydrogens (tertiary/aromatic N) is 3. The maximum atomic E-state index is 13.0. The quantitative estimate of drug-likeness (QED) is 0.455. The van der Waals surface area contributed by atoms with Crippen molar-refractivity contribution in [3.05, 3.63) is 90.3 Å². The van der Waals surface area contributed by atoms with Crippen LogP contribution in [0.25, 0.3) is 17.1 Å². The lowest BCUT2D eigenvalue weighted by molar-refractivity contribution is 0.0948. The van der Waals surface area contributed by atoms with E-state index in [4.69, 9.17) is 4.42 Å². The fourth-order valence-electron chi connectivity index (χ4n) is 3.94. The summed E-state index contributed by atoms with van der Waals surface area (Å²) in [6.07, 6.45) is 2.23. The van der Waals surface area contributed by atoms with Gasteiger partial charge in [-0.1, -0.05) is 36.4 Å². The normalized spacial score (nSPS) is 13.2. The Kier molecular flexibility index (Phi) is 5.47. The number of rotatable bonds is 7. The Hall–Kier alpha value is -3.85. The Morgan fingerprint density at radius 1 is 1.03 bits per heavy atom. The van der Waals surface area contributed by atoms with E-state index in [1.807, 2.05) is 54.6 Å². The zero-order chi connectivity index (χ0) is 22.8. The molecular formula is C24H22N4O4S. The third-order valence-electron chi connectivity index (χ3n) is 5.54. The first-order valence-electron chi connectivity index (χ1n) is 10.6. The summed E-state index contributed by atoms with van der Waals surface area (Å²) < 4.78 is 34.2. The Bertz CT molecular complexity index is 1380. The van der Waals surface area contributed by atoms with Crippen LogP contribution < -0.4 is 9.62 Å². The SMILES string of the molecule is O=C(NCCS(=O)(=O)N1CCc2ccccc21)c1cc(-c2ccco2)nn1-c1ccccc1. The van der Waals surface area contributed by atoms with E-state index < -0.39 is 15.9 Å². The zero-order valence-electron chi connectivity index (χ0n) is 17.7. The number of furan rings is 1. The number of para-hydroxylation sites is 2. The molecule has 0 saturated heterocycles. The Morgan fingerprint density at radius 3 is 2.61 bits per heavy atom. The number of amides is 1. The van der Waals surface area contributed by atoms with Gasteiger partial charge in [0.1, 0.15) is 11.4 Å². The summed E-state index contributed by atoms with van der Waals surface area (Å²) in [5, 5.41) is 7.26. The third kappa shape index (κ3) is 4.14. The topological polar surface area (TPSA) is 97.4 Å². The number of anilines is 1. The van der Waals surface area contributed by atoms with Crippen molar-refractivity contribution in [2.45, 2.75) is 6.42 Å². The molecule has 2 aromatic heterocycles. The zero-order valence-corrected chi connectivity index (χ0v) is 18.5. The van der Waals surface area contributed by atoms with Gasteiger partial charge in [0.15, 0.2) is 5.76 Å². The first-order chi connectivity index (χ1) is 16.0. The molecule has 1 N–H and O–H groups in total. The van der Waals surface area contributed by atoms with Crippen LogP contribution in [0.2, 0.25) is 0 Å². The lowest BCUT2D eigenvalue weighted by Gasteiger charge is -2.19. The number of hydrogen-bond acceptors (Lipinski definition) is 5. The molecule has 2 aromatic carbocycles. The van der Waals surface area contributed by atoms with Crippen LogP contribution in [-0.2, 0) is 16.4 Å². The number of sulfonamides is 1. The molecule has 5 rings (SSSR count). The molecule has 0 saturated carbocycles. The highest BCUT2D eigenvalue weighted by molar-refractivity contribution is 7.92. The molecule has 8 nitrogen and oxygen atoms in total. The van der Waals surface area contributed by atoms with Gasteiger partial charge in [-0.3, -0.25) is 9.10 Å². The molecule has 0 unspecified atom stereocenters. The van der Waals surface area contributed by atoms with Gasteiger partial charge in [0.25, 0.3) is 5.91 Å². The summed E-state index contributed by atoms with van der Waals surface area (Å²) in [6.45, 7) is 0.402. The van der Waals surface area contributed by atoms with E-state index in [9.17, 15) is 13.2 Å². The molecule has 168 valence electrons. The molecule has 3 heterocycles. The number of carbonyl (C=O) groups is 1. The molecule has 0 aliphatic carbocycles. The van der Waals surface area contributed by atoms with Crippen molar-refractivity contribution in [3.8, 4) is 17.1 Å². The van der Waals surface area contributed by atoms with E-state index in [1.165, 1.54) is 15.3 Å². The number of fused-ring (bicyclic) bond motifs is 1. The average Bonchev–Trinajstić information content (AvgIpc) is 3.58. The number of nitrogens with one attached hydrogen (secondary N) is 1. The lowest BCUT2D eigenvalue weighted by atomic mass is 10.2. The first kappa shape index (κ1) is 21.0. The molecule has 1 amide bonds. The van der Waals surface area contributed by atoms with Crippen LogP contribution in [0.3, 0.4) is 0 Å². The van der Waals surface area contributed by atoms with Gasteiger partial charge in [-0.15, -0.1) is 0 Å². The average molecular weight is 463 g/mol. The number of hydrogen-bond donors (Lipinski definition) is 1. The van der Waals surface area contributed by atoms with E-state index >= 15 is 0 Å². The van der Waals surface area contributed by atoms with Crippen molar-refractivity contribution in [3.63, 3.8) is 0 Å². The predicted molar refractivity (Wildman–Crippen MR) is 125 cm³/mol. The molecule has 0 spiro atoms. The van der Waals surface area contributed by atoms with Crippen LogP contribution in [0.5, 0.6) is 0 Å². The Balaban J connectivity index is 1.33. The molecule has 9 heteroatoms. The second-order valence-electron chi connectivity index (χ2n) is 7.66. The summed E-state index contributed by atoms with van der Waals surface area (Å²) in [4.78, 5) is 13.0. The second kappa shape index (κ2) is 8.59. The molecule has 33 heavy (non-hydrogen) atoms. The highest BCUT2D eigenvalue weighted by Gasteiger charge is 2.29. The minimum Gasteiger partial charge on any atom is -0.463 e. The van der Waals surface area contributed by atoms with E-state index in [1.54, 1.807) is 18.2 Å². The van der Waals surface area contributed by atoms with Crippen LogP contribution >= 0.6 is 0 Å². The van der Waals surface area contributed by atoms with Crippen molar-refractivity contribution in [1.82, 2.24) is 15.1 Å². The van der Waals surface area contributed by atoms with Crippen LogP contribution in [0.15, 0.2) is 83.5 Å². The fourth-order valence-corrected chi connectivity index (χ4v) is 5.37. The third-order valence-corrected chi connectivity index (χ3v) is 7.31. The van der Waals surface area contributed by atoms with Gasteiger partial charge in [0.05, 0.1) is 23.4 Å². The minimum atomic E-state index is -3.56. The standard InChI is InChI=1S/C24H22N4O4S/c29-24(25-13-16-33(30,31)27-14-12-18-7-4-5-10-21(18)27)22-17-20(23-11-6-15-32-23)26-28(22)19-8-2-1-3-9-19/h1-11,15,17H,12-14,16H2,(H,25,29). The first-order valence-corrected chi connectivity index (χ1v) is 12.2. The van der Waals surface area contributed by atoms with Crippen molar-refractivity contribution in [2.24, 2.45) is 0 Å². The number of aromatic nitrogens is 2. The highest BCUT2D eigenvalue weighted by Crippen LogP contribution is 2.30. The maximum absolute atomic E-state index is 13.0. The van der Waals surface area contributed by atoms with Crippen LogP contribution in [0.4, 0.5) is 5.69 Å². The highest BCUT2D eigenvalue weighted by atomic mass is 32.2. The van der Waals surface area contributed by atoms with Crippen LogP contribution in [0, 0.1) is 0 Å². The van der Waals surface area contributed by atoms with Gasteiger partial charge in [-0.2, -0.15) is 5.10 Å². The molecular weight excluding hydrogens is 440 g/mol. The summed E-state index contributed by atoms with van der Waals surface area (Å²) in [5.74, 6) is -0.0763. The summed E-state index contributed by atoms with van der Waals surface area (Å²) in [5.41, 5.74) is 3.24. The second-order valence-corrected chi connectivity index (χ2v) is 9.68. The minimum absolute atomic E-state index is 0.0180. The van der Waals surface area contributed by atoms with Gasteiger partial charge in [-0.25, -0.2) is 13.1 Å².